The Balaban J connectivity index is 1.50. The van der Waals surface area contributed by atoms with Gasteiger partial charge in [0.2, 0.25) is 0 Å². The van der Waals surface area contributed by atoms with Crippen molar-refractivity contribution in [1.82, 2.24) is 10.2 Å². The summed E-state index contributed by atoms with van der Waals surface area (Å²) in [5, 5.41) is 3.53. The summed E-state index contributed by atoms with van der Waals surface area (Å²) in [5.74, 6) is -0.393. The van der Waals surface area contributed by atoms with Crippen LogP contribution in [0.3, 0.4) is 0 Å². The van der Waals surface area contributed by atoms with Gasteiger partial charge in [0.05, 0.1) is 0 Å². The summed E-state index contributed by atoms with van der Waals surface area (Å²) >= 11 is 0. The second kappa shape index (κ2) is 8.45. The lowest BCUT2D eigenvalue weighted by atomic mass is 10.2. The number of carbonyl (C=O) groups is 1. The molecule has 0 saturated carbocycles. The lowest BCUT2D eigenvalue weighted by Crippen LogP contribution is -2.31. The van der Waals surface area contributed by atoms with Crippen molar-refractivity contribution in [2.45, 2.75) is 13.0 Å². The van der Waals surface area contributed by atoms with Gasteiger partial charge in [0.1, 0.15) is 11.1 Å². The molecule has 134 valence electrons. The topological polar surface area (TPSA) is 62.6 Å². The molecule has 0 radical (unpaired) electrons. The number of para-hydroxylation sites is 1. The highest BCUT2D eigenvalue weighted by Gasteiger charge is 2.13. The van der Waals surface area contributed by atoms with Gasteiger partial charge in [-0.25, -0.2) is 4.79 Å². The predicted octanol–water partition coefficient (Wildman–Crippen LogP) is 3.04. The van der Waals surface area contributed by atoms with E-state index < -0.39 is 11.5 Å². The van der Waals surface area contributed by atoms with Crippen LogP contribution in [0.2, 0.25) is 0 Å². The third kappa shape index (κ3) is 4.58. The van der Waals surface area contributed by atoms with Crippen molar-refractivity contribution in [3.8, 4) is 0 Å². The van der Waals surface area contributed by atoms with Crippen molar-refractivity contribution < 1.29 is 9.21 Å². The maximum Gasteiger partial charge on any atom is 0.349 e. The molecule has 1 amide bonds. The van der Waals surface area contributed by atoms with Crippen LogP contribution in [0, 0.1) is 0 Å². The first-order valence-corrected chi connectivity index (χ1v) is 8.67. The van der Waals surface area contributed by atoms with Crippen LogP contribution in [0.25, 0.3) is 11.0 Å². The third-order valence-electron chi connectivity index (χ3n) is 4.18. The summed E-state index contributed by atoms with van der Waals surface area (Å²) in [7, 11) is 2.05. The summed E-state index contributed by atoms with van der Waals surface area (Å²) in [6, 6.07) is 19.0. The van der Waals surface area contributed by atoms with Gasteiger partial charge in [0, 0.05) is 18.5 Å². The highest BCUT2D eigenvalue weighted by Crippen LogP contribution is 2.12. The monoisotopic (exact) mass is 350 g/mol. The molecule has 0 fully saturated rings. The summed E-state index contributed by atoms with van der Waals surface area (Å²) in [4.78, 5) is 26.4. The van der Waals surface area contributed by atoms with Crippen LogP contribution in [0.1, 0.15) is 22.3 Å². The molecule has 26 heavy (non-hydrogen) atoms. The van der Waals surface area contributed by atoms with E-state index in [-0.39, 0.29) is 5.56 Å². The molecular formula is C21H22N2O3. The summed E-state index contributed by atoms with van der Waals surface area (Å²) < 4.78 is 5.20. The average Bonchev–Trinajstić information content (AvgIpc) is 2.65. The zero-order chi connectivity index (χ0) is 18.4. The van der Waals surface area contributed by atoms with E-state index in [2.05, 4.69) is 22.3 Å². The minimum atomic E-state index is -0.609. The van der Waals surface area contributed by atoms with Crippen molar-refractivity contribution in [1.29, 1.82) is 0 Å². The van der Waals surface area contributed by atoms with E-state index in [9.17, 15) is 9.59 Å². The van der Waals surface area contributed by atoms with Crippen molar-refractivity contribution in [3.63, 3.8) is 0 Å². The summed E-state index contributed by atoms with van der Waals surface area (Å²) in [6.07, 6.45) is 0.800. The normalized spacial score (nSPS) is 11.0. The molecule has 0 bridgehead atoms. The van der Waals surface area contributed by atoms with Crippen molar-refractivity contribution >= 4 is 16.9 Å². The second-order valence-corrected chi connectivity index (χ2v) is 6.32. The SMILES string of the molecule is CN(CCCNC(=O)c1cc2ccccc2oc1=O)Cc1ccccc1. The largest absolute Gasteiger partial charge is 0.422 e. The van der Waals surface area contributed by atoms with Crippen LogP contribution < -0.4 is 10.9 Å². The predicted molar refractivity (Wildman–Crippen MR) is 102 cm³/mol. The fraction of sp³-hybridized carbons (Fsp3) is 0.238. The molecular weight excluding hydrogens is 328 g/mol. The Morgan fingerprint density at radius 2 is 1.81 bits per heavy atom. The molecule has 0 unspecified atom stereocenters. The number of nitrogens with one attached hydrogen (secondary N) is 1. The van der Waals surface area contributed by atoms with Crippen molar-refractivity contribution in [3.05, 3.63) is 82.2 Å². The van der Waals surface area contributed by atoms with E-state index in [1.165, 1.54) is 5.56 Å². The van der Waals surface area contributed by atoms with E-state index in [4.69, 9.17) is 4.42 Å². The van der Waals surface area contributed by atoms with Crippen LogP contribution in [0.5, 0.6) is 0 Å². The van der Waals surface area contributed by atoms with Crippen LogP contribution in [-0.4, -0.2) is 30.9 Å². The summed E-state index contributed by atoms with van der Waals surface area (Å²) in [6.45, 7) is 2.22. The molecule has 3 rings (SSSR count). The molecule has 0 atom stereocenters. The average molecular weight is 350 g/mol. The van der Waals surface area contributed by atoms with Crippen LogP contribution in [0.4, 0.5) is 0 Å². The van der Waals surface area contributed by atoms with Crippen molar-refractivity contribution in [2.75, 3.05) is 20.1 Å². The van der Waals surface area contributed by atoms with E-state index in [0.717, 1.165) is 24.9 Å². The minimum Gasteiger partial charge on any atom is -0.422 e. The van der Waals surface area contributed by atoms with Crippen LogP contribution in [-0.2, 0) is 6.54 Å². The van der Waals surface area contributed by atoms with Crippen LogP contribution in [0.15, 0.2) is 69.9 Å². The Kier molecular flexibility index (Phi) is 5.81. The fourth-order valence-corrected chi connectivity index (χ4v) is 2.84. The molecule has 1 aromatic heterocycles. The highest BCUT2D eigenvalue weighted by molar-refractivity contribution is 5.96. The Hall–Kier alpha value is -2.92. The van der Waals surface area contributed by atoms with Gasteiger partial charge in [0.25, 0.3) is 5.91 Å². The van der Waals surface area contributed by atoms with Crippen LogP contribution >= 0.6 is 0 Å². The first-order chi connectivity index (χ1) is 12.6. The lowest BCUT2D eigenvalue weighted by molar-refractivity contribution is 0.0948. The molecule has 3 aromatic rings. The molecule has 0 aliphatic heterocycles. The highest BCUT2D eigenvalue weighted by atomic mass is 16.4. The van der Waals surface area contributed by atoms with E-state index in [0.29, 0.717) is 12.1 Å². The van der Waals surface area contributed by atoms with Gasteiger partial charge in [-0.15, -0.1) is 0 Å². The quantitative estimate of drug-likeness (QED) is 0.525. The molecule has 1 heterocycles. The number of nitrogens with zero attached hydrogens (tertiary/aromatic N) is 1. The Bertz CT molecular complexity index is 935. The Morgan fingerprint density at radius 1 is 1.08 bits per heavy atom. The maximum atomic E-state index is 12.3. The zero-order valence-electron chi connectivity index (χ0n) is 14.8. The van der Waals surface area contributed by atoms with Gasteiger partial charge in [-0.3, -0.25) is 4.79 Å². The van der Waals surface area contributed by atoms with Gasteiger partial charge in [-0.05, 0) is 37.7 Å². The standard InChI is InChI=1S/C21H22N2O3/c1-23(15-16-8-3-2-4-9-16)13-7-12-22-20(24)18-14-17-10-5-6-11-19(17)26-21(18)25/h2-6,8-11,14H,7,12-13,15H2,1H3,(H,22,24). The molecule has 5 nitrogen and oxygen atoms in total. The van der Waals surface area contributed by atoms with E-state index in [1.54, 1.807) is 18.2 Å². The van der Waals surface area contributed by atoms with Gasteiger partial charge in [-0.2, -0.15) is 0 Å². The first-order valence-electron chi connectivity index (χ1n) is 8.67. The van der Waals surface area contributed by atoms with Gasteiger partial charge >= 0.3 is 5.63 Å². The minimum absolute atomic E-state index is 0.0429. The molecule has 0 aliphatic rings. The zero-order valence-corrected chi connectivity index (χ0v) is 14.8. The number of hydrogen-bond acceptors (Lipinski definition) is 4. The number of rotatable bonds is 7. The Labute approximate surface area is 152 Å². The number of carbonyl (C=O) groups excluding carboxylic acids is 1. The molecule has 1 N–H and O–H groups in total. The number of hydrogen-bond donors (Lipinski definition) is 1. The molecule has 0 saturated heterocycles. The lowest BCUT2D eigenvalue weighted by Gasteiger charge is -2.16. The third-order valence-corrected chi connectivity index (χ3v) is 4.18. The molecule has 0 aliphatic carbocycles. The number of fused-ring (bicyclic) bond motifs is 1. The number of amides is 1. The molecule has 2 aromatic carbocycles. The number of benzene rings is 2. The van der Waals surface area contributed by atoms with Gasteiger partial charge in [-0.1, -0.05) is 48.5 Å². The van der Waals surface area contributed by atoms with E-state index >= 15 is 0 Å². The van der Waals surface area contributed by atoms with Gasteiger partial charge in [0.15, 0.2) is 0 Å². The summed E-state index contributed by atoms with van der Waals surface area (Å²) in [5.41, 5.74) is 1.17. The van der Waals surface area contributed by atoms with Crippen molar-refractivity contribution in [2.24, 2.45) is 0 Å². The maximum absolute atomic E-state index is 12.3. The smallest absolute Gasteiger partial charge is 0.349 e. The van der Waals surface area contributed by atoms with Gasteiger partial charge < -0.3 is 14.6 Å². The first kappa shape index (κ1) is 17.9. The Morgan fingerprint density at radius 3 is 2.62 bits per heavy atom. The molecule has 5 heteroatoms. The molecule has 0 spiro atoms. The fourth-order valence-electron chi connectivity index (χ4n) is 2.84. The second-order valence-electron chi connectivity index (χ2n) is 6.32. The van der Waals surface area contributed by atoms with E-state index in [1.807, 2.05) is 37.4 Å².